The van der Waals surface area contributed by atoms with Crippen LogP contribution in [0.5, 0.6) is 11.6 Å². The molecule has 180 valence electrons. The summed E-state index contributed by atoms with van der Waals surface area (Å²) in [4.78, 5) is 27.8. The van der Waals surface area contributed by atoms with Crippen LogP contribution in [0.25, 0.3) is 0 Å². The number of aromatic nitrogens is 1. The average Bonchev–Trinajstić information content (AvgIpc) is 2.80. The number of amides is 2. The van der Waals surface area contributed by atoms with E-state index in [1.807, 2.05) is 6.07 Å². The van der Waals surface area contributed by atoms with Gasteiger partial charge in [-0.1, -0.05) is 0 Å². The molecule has 0 fully saturated rings. The van der Waals surface area contributed by atoms with E-state index in [1.54, 1.807) is 37.3 Å². The molecule has 3 N–H and O–H groups in total. The van der Waals surface area contributed by atoms with Gasteiger partial charge in [-0.2, -0.15) is 9.98 Å². The van der Waals surface area contributed by atoms with Crippen molar-refractivity contribution in [1.82, 2.24) is 9.71 Å². The Morgan fingerprint density at radius 3 is 2.43 bits per heavy atom. The highest BCUT2D eigenvalue weighted by molar-refractivity contribution is 7.89. The Kier molecular flexibility index (Phi) is 7.80. The number of benzene rings is 2. The van der Waals surface area contributed by atoms with Crippen LogP contribution in [0, 0.1) is 18.3 Å². The molecule has 0 saturated carbocycles. The topological polar surface area (TPSA) is 150 Å². The number of pyridine rings is 1. The summed E-state index contributed by atoms with van der Waals surface area (Å²) in [7, 11) is -3.98. The van der Waals surface area contributed by atoms with Crippen LogP contribution >= 0.6 is 0 Å². The van der Waals surface area contributed by atoms with Gasteiger partial charge >= 0.3 is 0 Å². The lowest BCUT2D eigenvalue weighted by Crippen LogP contribution is -2.41. The van der Waals surface area contributed by atoms with E-state index >= 15 is 0 Å². The molecule has 1 aromatic heterocycles. The molecule has 0 unspecified atom stereocenters. The molecule has 0 aliphatic rings. The largest absolute Gasteiger partial charge is 0.438 e. The van der Waals surface area contributed by atoms with Crippen molar-refractivity contribution in [2.45, 2.75) is 31.7 Å². The first kappa shape index (κ1) is 25.4. The van der Waals surface area contributed by atoms with Gasteiger partial charge in [-0.15, -0.1) is 0 Å². The van der Waals surface area contributed by atoms with Gasteiger partial charge in [0, 0.05) is 24.5 Å². The van der Waals surface area contributed by atoms with Crippen LogP contribution in [0.2, 0.25) is 0 Å². The molecule has 10 nitrogen and oxygen atoms in total. The molecular weight excluding hydrogens is 470 g/mol. The number of aryl methyl sites for hydroxylation is 1. The standard InChI is InChI=1S/C24H23N5O5S/c1-15-13-20(34-24-18(14-25)5-4-12-26-24)8-11-22(15)28-23(31)16(2)29-35(32,33)21-9-6-19(7-10-21)27-17(3)30/h4-13,16,29H,1-3H3,(H,27,30)(H,28,31)/t16-/m0/s1. The first-order valence-electron chi connectivity index (χ1n) is 10.4. The van der Waals surface area contributed by atoms with Crippen LogP contribution in [0.1, 0.15) is 25.0 Å². The number of hydrogen-bond donors (Lipinski definition) is 3. The number of carbonyl (C=O) groups excluding carboxylic acids is 2. The predicted octanol–water partition coefficient (Wildman–Crippen LogP) is 3.32. The molecule has 2 aromatic carbocycles. The molecule has 0 radical (unpaired) electrons. The second-order valence-corrected chi connectivity index (χ2v) is 9.30. The minimum atomic E-state index is -3.98. The van der Waals surface area contributed by atoms with Gasteiger partial charge in [-0.25, -0.2) is 13.4 Å². The summed E-state index contributed by atoms with van der Waals surface area (Å²) >= 11 is 0. The second-order valence-electron chi connectivity index (χ2n) is 7.58. The normalized spacial score (nSPS) is 11.7. The fraction of sp³-hybridized carbons (Fsp3) is 0.167. The van der Waals surface area contributed by atoms with Crippen LogP contribution in [0.15, 0.2) is 65.7 Å². The van der Waals surface area contributed by atoms with Crippen molar-refractivity contribution in [1.29, 1.82) is 5.26 Å². The maximum absolute atomic E-state index is 12.6. The highest BCUT2D eigenvalue weighted by atomic mass is 32.2. The van der Waals surface area contributed by atoms with Crippen molar-refractivity contribution < 1.29 is 22.7 Å². The second kappa shape index (κ2) is 10.8. The molecule has 0 saturated heterocycles. The number of nitrogens with zero attached hydrogens (tertiary/aromatic N) is 2. The molecule has 0 aliphatic heterocycles. The quantitative estimate of drug-likeness (QED) is 0.435. The van der Waals surface area contributed by atoms with Gasteiger partial charge in [-0.3, -0.25) is 9.59 Å². The number of hydrogen-bond acceptors (Lipinski definition) is 7. The van der Waals surface area contributed by atoms with Gasteiger partial charge < -0.3 is 15.4 Å². The van der Waals surface area contributed by atoms with E-state index in [0.717, 1.165) is 0 Å². The zero-order chi connectivity index (χ0) is 25.6. The van der Waals surface area contributed by atoms with Gasteiger partial charge in [0.15, 0.2) is 0 Å². The van der Waals surface area contributed by atoms with Crippen molar-refractivity contribution in [3.05, 3.63) is 71.9 Å². The summed E-state index contributed by atoms with van der Waals surface area (Å²) in [6.07, 6.45) is 1.51. The van der Waals surface area contributed by atoms with Crippen LogP contribution in [-0.2, 0) is 19.6 Å². The summed E-state index contributed by atoms with van der Waals surface area (Å²) in [5, 5.41) is 14.4. The van der Waals surface area contributed by atoms with Crippen LogP contribution in [0.4, 0.5) is 11.4 Å². The number of nitrogens with one attached hydrogen (secondary N) is 3. The molecular formula is C24H23N5O5S. The summed E-state index contributed by atoms with van der Waals surface area (Å²) in [5.41, 5.74) is 1.87. The number of nitriles is 1. The minimum Gasteiger partial charge on any atom is -0.438 e. The Labute approximate surface area is 203 Å². The number of carbonyl (C=O) groups is 2. The predicted molar refractivity (Wildman–Crippen MR) is 129 cm³/mol. The Hall–Kier alpha value is -4.27. The maximum Gasteiger partial charge on any atom is 0.242 e. The lowest BCUT2D eigenvalue weighted by Gasteiger charge is -2.16. The van der Waals surface area contributed by atoms with Crippen LogP contribution in [-0.4, -0.2) is 31.3 Å². The van der Waals surface area contributed by atoms with Crippen LogP contribution < -0.4 is 20.1 Å². The highest BCUT2D eigenvalue weighted by Gasteiger charge is 2.22. The van der Waals surface area contributed by atoms with E-state index in [0.29, 0.717) is 22.7 Å². The number of rotatable bonds is 8. The molecule has 11 heteroatoms. The maximum atomic E-state index is 12.6. The van der Waals surface area contributed by atoms with Gasteiger partial charge in [0.05, 0.1) is 10.9 Å². The smallest absolute Gasteiger partial charge is 0.242 e. The Morgan fingerprint density at radius 2 is 1.80 bits per heavy atom. The highest BCUT2D eigenvalue weighted by Crippen LogP contribution is 2.27. The third-order valence-corrected chi connectivity index (χ3v) is 6.33. The fourth-order valence-corrected chi connectivity index (χ4v) is 4.23. The van der Waals surface area contributed by atoms with E-state index in [2.05, 4.69) is 20.3 Å². The SMILES string of the molecule is CC(=O)Nc1ccc(S(=O)(=O)N[C@@H](C)C(=O)Nc2ccc(Oc3ncccc3C#N)cc2C)cc1. The Balaban J connectivity index is 1.65. The minimum absolute atomic E-state index is 0.0461. The number of sulfonamides is 1. The molecule has 1 atom stereocenters. The zero-order valence-electron chi connectivity index (χ0n) is 19.2. The van der Waals surface area contributed by atoms with E-state index in [4.69, 9.17) is 10.00 Å². The van der Waals surface area contributed by atoms with Gasteiger partial charge in [0.1, 0.15) is 17.4 Å². The zero-order valence-corrected chi connectivity index (χ0v) is 20.0. The molecule has 0 spiro atoms. The fourth-order valence-electron chi connectivity index (χ4n) is 3.02. The summed E-state index contributed by atoms with van der Waals surface area (Å²) in [6, 6.07) is 14.6. The van der Waals surface area contributed by atoms with E-state index in [-0.39, 0.29) is 22.2 Å². The van der Waals surface area contributed by atoms with E-state index in [9.17, 15) is 18.0 Å². The molecule has 2 amide bonds. The van der Waals surface area contributed by atoms with Crippen molar-refractivity contribution in [2.75, 3.05) is 10.6 Å². The number of anilines is 2. The van der Waals surface area contributed by atoms with Gasteiger partial charge in [-0.05, 0) is 74.0 Å². The molecule has 35 heavy (non-hydrogen) atoms. The van der Waals surface area contributed by atoms with Crippen molar-refractivity contribution in [3.8, 4) is 17.7 Å². The first-order valence-corrected chi connectivity index (χ1v) is 11.9. The van der Waals surface area contributed by atoms with Gasteiger partial charge in [0.25, 0.3) is 0 Å². The number of ether oxygens (including phenoxy) is 1. The van der Waals surface area contributed by atoms with E-state index in [1.165, 1.54) is 44.3 Å². The lowest BCUT2D eigenvalue weighted by atomic mass is 10.2. The first-order chi connectivity index (χ1) is 16.6. The van der Waals surface area contributed by atoms with E-state index < -0.39 is 22.0 Å². The van der Waals surface area contributed by atoms with Gasteiger partial charge in [0.2, 0.25) is 27.7 Å². The van der Waals surface area contributed by atoms with Crippen molar-refractivity contribution >= 4 is 33.2 Å². The summed E-state index contributed by atoms with van der Waals surface area (Å²) < 4.78 is 33.3. The third kappa shape index (κ3) is 6.63. The lowest BCUT2D eigenvalue weighted by molar-refractivity contribution is -0.117. The molecule has 3 rings (SSSR count). The monoisotopic (exact) mass is 493 g/mol. The molecule has 3 aromatic rings. The van der Waals surface area contributed by atoms with Crippen LogP contribution in [0.3, 0.4) is 0 Å². The summed E-state index contributed by atoms with van der Waals surface area (Å²) in [6.45, 7) is 4.52. The summed E-state index contributed by atoms with van der Waals surface area (Å²) in [5.74, 6) is -0.245. The molecule has 0 bridgehead atoms. The molecule has 0 aliphatic carbocycles. The Bertz CT molecular complexity index is 1400. The van der Waals surface area contributed by atoms with Crippen molar-refractivity contribution in [2.24, 2.45) is 0 Å². The molecule has 1 heterocycles. The third-order valence-electron chi connectivity index (χ3n) is 4.77. The Morgan fingerprint density at radius 1 is 1.09 bits per heavy atom. The average molecular weight is 494 g/mol. The van der Waals surface area contributed by atoms with Crippen molar-refractivity contribution in [3.63, 3.8) is 0 Å².